The van der Waals surface area contributed by atoms with Gasteiger partial charge in [0, 0.05) is 35.7 Å². The van der Waals surface area contributed by atoms with Crippen molar-refractivity contribution in [1.29, 1.82) is 0 Å². The summed E-state index contributed by atoms with van der Waals surface area (Å²) in [6, 6.07) is 14.9. The van der Waals surface area contributed by atoms with Crippen molar-refractivity contribution in [3.8, 4) is 28.3 Å². The van der Waals surface area contributed by atoms with E-state index >= 15 is 0 Å². The first-order chi connectivity index (χ1) is 16.3. The van der Waals surface area contributed by atoms with Crippen LogP contribution in [0.4, 0.5) is 5.82 Å². The molecular formula is C22H19N9O2. The number of para-hydroxylation sites is 1. The Morgan fingerprint density at radius 3 is 2.64 bits per heavy atom. The molecule has 0 aliphatic carbocycles. The standard InChI is InChI=1S/C22H19N9O2/c32-19-12-20(30-8-10-33-11-9-30)23-21-16(2-1-3-17(19)21)18-13-31(29-24-18)15-6-4-14(5-7-15)22-25-27-28-26-22/h1-7,12-13H,8-11H2,(H,23,32)(H,25,26,27,28). The van der Waals surface area contributed by atoms with Crippen molar-refractivity contribution in [3.05, 3.63) is 65.0 Å². The van der Waals surface area contributed by atoms with E-state index in [2.05, 4.69) is 40.8 Å². The lowest BCUT2D eigenvalue weighted by atomic mass is 10.1. The predicted octanol–water partition coefficient (Wildman–Crippen LogP) is 1.79. The van der Waals surface area contributed by atoms with Gasteiger partial charge in [0.25, 0.3) is 0 Å². The monoisotopic (exact) mass is 441 g/mol. The Morgan fingerprint density at radius 2 is 1.85 bits per heavy atom. The smallest absolute Gasteiger partial charge is 0.191 e. The molecule has 1 saturated heterocycles. The molecule has 1 fully saturated rings. The molecule has 11 nitrogen and oxygen atoms in total. The first kappa shape index (κ1) is 19.3. The van der Waals surface area contributed by atoms with Crippen molar-refractivity contribution in [2.75, 3.05) is 31.2 Å². The minimum absolute atomic E-state index is 0.0306. The number of nitrogens with zero attached hydrogens (tertiary/aromatic N) is 7. The molecule has 1 aliphatic heterocycles. The number of anilines is 1. The second kappa shape index (κ2) is 7.95. The van der Waals surface area contributed by atoms with E-state index in [0.717, 1.165) is 41.2 Å². The number of fused-ring (bicyclic) bond motifs is 1. The Bertz CT molecular complexity index is 1470. The summed E-state index contributed by atoms with van der Waals surface area (Å²) in [5, 5.41) is 23.1. The third kappa shape index (κ3) is 3.53. The summed E-state index contributed by atoms with van der Waals surface area (Å²) in [5.74, 6) is 1.38. The van der Waals surface area contributed by atoms with Gasteiger partial charge in [-0.05, 0) is 40.8 Å². The molecule has 0 saturated carbocycles. The molecule has 0 radical (unpaired) electrons. The van der Waals surface area contributed by atoms with Crippen LogP contribution in [0.1, 0.15) is 0 Å². The van der Waals surface area contributed by atoms with Gasteiger partial charge < -0.3 is 14.6 Å². The molecule has 0 amide bonds. The van der Waals surface area contributed by atoms with Gasteiger partial charge in [0.1, 0.15) is 11.5 Å². The molecule has 164 valence electrons. The van der Waals surface area contributed by atoms with Gasteiger partial charge in [-0.2, -0.15) is 0 Å². The van der Waals surface area contributed by atoms with E-state index in [-0.39, 0.29) is 5.43 Å². The fourth-order valence-corrected chi connectivity index (χ4v) is 4.01. The van der Waals surface area contributed by atoms with Crippen LogP contribution in [0.3, 0.4) is 0 Å². The molecule has 33 heavy (non-hydrogen) atoms. The minimum atomic E-state index is -0.0306. The summed E-state index contributed by atoms with van der Waals surface area (Å²) in [6.45, 7) is 2.75. The molecule has 5 aromatic rings. The van der Waals surface area contributed by atoms with Crippen LogP contribution in [0.2, 0.25) is 0 Å². The number of rotatable bonds is 4. The van der Waals surface area contributed by atoms with Crippen LogP contribution in [-0.4, -0.2) is 66.9 Å². The number of morpholine rings is 1. The molecule has 6 rings (SSSR count). The number of ether oxygens (including phenoxy) is 1. The van der Waals surface area contributed by atoms with Gasteiger partial charge in [-0.1, -0.05) is 17.3 Å². The normalized spacial score (nSPS) is 14.1. The maximum absolute atomic E-state index is 12.8. The first-order valence-electron chi connectivity index (χ1n) is 10.5. The van der Waals surface area contributed by atoms with E-state index in [9.17, 15) is 4.79 Å². The molecule has 0 unspecified atom stereocenters. The largest absolute Gasteiger partial charge is 0.378 e. The molecule has 2 aromatic carbocycles. The Morgan fingerprint density at radius 1 is 1.00 bits per heavy atom. The Kier molecular flexibility index (Phi) is 4.65. The number of nitrogens with one attached hydrogen (secondary N) is 2. The first-order valence-corrected chi connectivity index (χ1v) is 10.5. The van der Waals surface area contributed by atoms with Crippen molar-refractivity contribution < 1.29 is 4.74 Å². The highest BCUT2D eigenvalue weighted by atomic mass is 16.5. The third-order valence-corrected chi connectivity index (χ3v) is 5.72. The molecule has 11 heteroatoms. The van der Waals surface area contributed by atoms with Gasteiger partial charge in [-0.3, -0.25) is 4.79 Å². The van der Waals surface area contributed by atoms with Crippen LogP contribution in [0.15, 0.2) is 59.5 Å². The summed E-state index contributed by atoms with van der Waals surface area (Å²) in [5.41, 5.74) is 3.90. The number of aromatic nitrogens is 8. The summed E-state index contributed by atoms with van der Waals surface area (Å²) in [4.78, 5) is 18.4. The molecule has 1 aliphatic rings. The third-order valence-electron chi connectivity index (χ3n) is 5.72. The van der Waals surface area contributed by atoms with Crippen molar-refractivity contribution in [2.24, 2.45) is 0 Å². The highest BCUT2D eigenvalue weighted by molar-refractivity contribution is 5.93. The highest BCUT2D eigenvalue weighted by Gasteiger charge is 2.16. The SMILES string of the molecule is O=c1cc(N2CCOCC2)[nH]c2c(-c3cn(-c4ccc(-c5nnn[nH]5)cc4)nn3)cccc12. The number of pyridine rings is 1. The maximum atomic E-state index is 12.8. The maximum Gasteiger partial charge on any atom is 0.191 e. The fourth-order valence-electron chi connectivity index (χ4n) is 4.01. The second-order valence-electron chi connectivity index (χ2n) is 7.69. The zero-order chi connectivity index (χ0) is 22.2. The average molecular weight is 441 g/mol. The predicted molar refractivity (Wildman–Crippen MR) is 121 cm³/mol. The quantitative estimate of drug-likeness (QED) is 0.432. The molecule has 0 bridgehead atoms. The van der Waals surface area contributed by atoms with Crippen LogP contribution in [0.5, 0.6) is 0 Å². The average Bonchev–Trinajstić information content (AvgIpc) is 3.57. The van der Waals surface area contributed by atoms with Gasteiger partial charge in [0.15, 0.2) is 11.3 Å². The van der Waals surface area contributed by atoms with Gasteiger partial charge in [-0.15, -0.1) is 10.2 Å². The van der Waals surface area contributed by atoms with Crippen molar-refractivity contribution >= 4 is 16.7 Å². The van der Waals surface area contributed by atoms with Gasteiger partial charge >= 0.3 is 0 Å². The number of hydrogen-bond donors (Lipinski definition) is 2. The number of H-pyrrole nitrogens is 2. The summed E-state index contributed by atoms with van der Waals surface area (Å²) >= 11 is 0. The lowest BCUT2D eigenvalue weighted by Gasteiger charge is -2.28. The Balaban J connectivity index is 1.38. The Labute approximate surface area is 187 Å². The van der Waals surface area contributed by atoms with E-state index in [0.29, 0.717) is 30.1 Å². The zero-order valence-electron chi connectivity index (χ0n) is 17.5. The molecule has 2 N–H and O–H groups in total. The molecule has 3 aromatic heterocycles. The van der Waals surface area contributed by atoms with Crippen LogP contribution in [-0.2, 0) is 4.74 Å². The number of tetrazole rings is 1. The molecular weight excluding hydrogens is 422 g/mol. The van der Waals surface area contributed by atoms with E-state index < -0.39 is 0 Å². The lowest BCUT2D eigenvalue weighted by molar-refractivity contribution is 0.122. The minimum Gasteiger partial charge on any atom is -0.378 e. The fraction of sp³-hybridized carbons (Fsp3) is 0.182. The van der Waals surface area contributed by atoms with Gasteiger partial charge in [-0.25, -0.2) is 9.78 Å². The zero-order valence-corrected chi connectivity index (χ0v) is 17.5. The van der Waals surface area contributed by atoms with Crippen molar-refractivity contribution in [3.63, 3.8) is 0 Å². The van der Waals surface area contributed by atoms with Crippen LogP contribution in [0, 0.1) is 0 Å². The summed E-state index contributed by atoms with van der Waals surface area (Å²) < 4.78 is 7.13. The van der Waals surface area contributed by atoms with E-state index in [1.165, 1.54) is 0 Å². The number of aromatic amines is 2. The van der Waals surface area contributed by atoms with Crippen LogP contribution < -0.4 is 10.3 Å². The molecule has 0 atom stereocenters. The summed E-state index contributed by atoms with van der Waals surface area (Å²) in [7, 11) is 0. The lowest BCUT2D eigenvalue weighted by Crippen LogP contribution is -2.37. The van der Waals surface area contributed by atoms with E-state index in [4.69, 9.17) is 4.74 Å². The topological polar surface area (TPSA) is 130 Å². The number of hydrogen-bond acceptors (Lipinski definition) is 8. The van der Waals surface area contributed by atoms with Gasteiger partial charge in [0.05, 0.1) is 30.6 Å². The Hall–Kier alpha value is -4.38. The number of benzene rings is 2. The van der Waals surface area contributed by atoms with E-state index in [1.54, 1.807) is 10.7 Å². The second-order valence-corrected chi connectivity index (χ2v) is 7.69. The van der Waals surface area contributed by atoms with Crippen molar-refractivity contribution in [1.82, 2.24) is 40.6 Å². The highest BCUT2D eigenvalue weighted by Crippen LogP contribution is 2.27. The van der Waals surface area contributed by atoms with Crippen LogP contribution in [0.25, 0.3) is 39.2 Å². The van der Waals surface area contributed by atoms with Gasteiger partial charge in [0.2, 0.25) is 0 Å². The van der Waals surface area contributed by atoms with E-state index in [1.807, 2.05) is 48.7 Å². The summed E-state index contributed by atoms with van der Waals surface area (Å²) in [6.07, 6.45) is 1.85. The van der Waals surface area contributed by atoms with Crippen molar-refractivity contribution in [2.45, 2.75) is 0 Å². The van der Waals surface area contributed by atoms with Crippen LogP contribution >= 0.6 is 0 Å². The molecule has 0 spiro atoms. The molecule has 4 heterocycles.